The Kier molecular flexibility index (Phi) is 11.7. The van der Waals surface area contributed by atoms with E-state index in [1.165, 1.54) is 6.07 Å². The monoisotopic (exact) mass is 908 g/mol. The predicted molar refractivity (Wildman–Crippen MR) is 238 cm³/mol. The summed E-state index contributed by atoms with van der Waals surface area (Å²) in [6.45, 7) is 11.3. The number of amides is 4. The van der Waals surface area contributed by atoms with Crippen LogP contribution in [-0.4, -0.2) is 147 Å². The molecule has 0 bridgehead atoms. The van der Waals surface area contributed by atoms with Crippen molar-refractivity contribution in [3.05, 3.63) is 83.6 Å². The highest BCUT2D eigenvalue weighted by Gasteiger charge is 2.47. The lowest BCUT2D eigenvalue weighted by Crippen LogP contribution is -2.62. The van der Waals surface area contributed by atoms with Gasteiger partial charge in [0.25, 0.3) is 11.8 Å². The minimum absolute atomic E-state index is 0.0406. The summed E-state index contributed by atoms with van der Waals surface area (Å²) in [7, 11) is 0. The van der Waals surface area contributed by atoms with Crippen molar-refractivity contribution >= 4 is 58.0 Å². The van der Waals surface area contributed by atoms with Crippen LogP contribution >= 0.6 is 0 Å². The number of hydrogen-bond acceptors (Lipinski definition) is 14. The Morgan fingerprint density at radius 1 is 0.846 bits per heavy atom. The molecule has 1 aromatic heterocycles. The van der Waals surface area contributed by atoms with E-state index in [-0.39, 0.29) is 41.8 Å². The molecule has 16 nitrogen and oxygen atoms in total. The molecule has 0 spiro atoms. The molecule has 6 aliphatic heterocycles. The van der Waals surface area contributed by atoms with Crippen LogP contribution in [0.3, 0.4) is 0 Å². The summed E-state index contributed by atoms with van der Waals surface area (Å²) in [6, 6.07) is 15.2. The van der Waals surface area contributed by atoms with Crippen molar-refractivity contribution in [2.24, 2.45) is 0 Å². The van der Waals surface area contributed by atoms with E-state index in [1.54, 1.807) is 42.5 Å². The number of nitrogens with one attached hydrogen (secondary N) is 2. The first-order chi connectivity index (χ1) is 31.4. The molecule has 2 unspecified atom stereocenters. The molecular formula is C46H50F2N10O6S. The minimum Gasteiger partial charge on any atom is -0.593 e. The number of imide groups is 2. The number of ether oxygens (including phenoxy) is 1. The molecule has 4 fully saturated rings. The molecule has 4 amide bonds. The van der Waals surface area contributed by atoms with E-state index in [2.05, 4.69) is 35.3 Å². The van der Waals surface area contributed by atoms with Crippen molar-refractivity contribution in [3.8, 4) is 17.0 Å². The molecule has 6 aliphatic rings. The highest BCUT2D eigenvalue weighted by molar-refractivity contribution is 7.89. The zero-order valence-corrected chi connectivity index (χ0v) is 37.0. The fourth-order valence-electron chi connectivity index (χ4n) is 10.0. The van der Waals surface area contributed by atoms with Gasteiger partial charge >= 0.3 is 0 Å². The third kappa shape index (κ3) is 8.17. The second-order valence-electron chi connectivity index (χ2n) is 17.7. The quantitative estimate of drug-likeness (QED) is 0.172. The number of piperidine rings is 2. The maximum absolute atomic E-state index is 15.2. The van der Waals surface area contributed by atoms with Gasteiger partial charge in [-0.15, -0.1) is 4.31 Å². The fraction of sp³-hybridized carbons (Fsp3) is 0.435. The highest BCUT2D eigenvalue weighted by Crippen LogP contribution is 2.40. The molecule has 19 heteroatoms. The standard InChI is InChI=1S/C46H50F2N10O6S/c1-27(2)57-20-21-64-42-34(47)22-28(23-38(42)57)41-35(48)24-49-46(52-41)50-29-6-8-32(9-7-29)65(63)56-18-16-54(17-19-56)30-12-14-53(15-13-30)31-25-55(26-31)36-5-3-4-33-40(36)45(62)58(44(33)61)37-10-11-39(59)51-43(37)60/h3-9,22-24,27,30-31,37H,10-21,25-26H2,1-2H3,(H,49,50,52)(H,51,59,60). The van der Waals surface area contributed by atoms with Crippen LogP contribution in [0.2, 0.25) is 0 Å². The van der Waals surface area contributed by atoms with Gasteiger partial charge in [0, 0.05) is 75.1 Å². The fourth-order valence-corrected chi connectivity index (χ4v) is 11.2. The topological polar surface area (TPSA) is 170 Å². The zero-order chi connectivity index (χ0) is 45.1. The minimum atomic E-state index is -1.36. The van der Waals surface area contributed by atoms with E-state index in [4.69, 9.17) is 4.74 Å². The zero-order valence-electron chi connectivity index (χ0n) is 36.2. The number of aromatic nitrogens is 2. The van der Waals surface area contributed by atoms with Crippen molar-refractivity contribution < 1.29 is 37.2 Å². The van der Waals surface area contributed by atoms with E-state index in [0.717, 1.165) is 63.2 Å². The van der Waals surface area contributed by atoms with Crippen LogP contribution in [0.25, 0.3) is 11.3 Å². The number of halogens is 2. The second-order valence-corrected chi connectivity index (χ2v) is 19.2. The maximum atomic E-state index is 15.2. The lowest BCUT2D eigenvalue weighted by atomic mass is 9.96. The first-order valence-corrected chi connectivity index (χ1v) is 23.4. The number of rotatable bonds is 10. The van der Waals surface area contributed by atoms with Gasteiger partial charge in [-0.05, 0) is 81.6 Å². The van der Waals surface area contributed by atoms with Crippen LogP contribution in [0.5, 0.6) is 5.75 Å². The Morgan fingerprint density at radius 3 is 2.31 bits per heavy atom. The molecular weight excluding hydrogens is 859 g/mol. The maximum Gasteiger partial charge on any atom is 0.264 e. The predicted octanol–water partition coefficient (Wildman–Crippen LogP) is 4.17. The lowest BCUT2D eigenvalue weighted by Gasteiger charge is -2.50. The summed E-state index contributed by atoms with van der Waals surface area (Å²) >= 11 is -1.36. The number of fused-ring (bicyclic) bond motifs is 2. The third-order valence-electron chi connectivity index (χ3n) is 13.6. The molecule has 4 aromatic rings. The molecule has 0 radical (unpaired) electrons. The van der Waals surface area contributed by atoms with Crippen LogP contribution in [-0.2, 0) is 21.0 Å². The summed E-state index contributed by atoms with van der Waals surface area (Å²) in [6.07, 6.45) is 3.31. The number of anilines is 4. The molecule has 4 saturated heterocycles. The van der Waals surface area contributed by atoms with Crippen LogP contribution in [0.4, 0.5) is 31.8 Å². The van der Waals surface area contributed by atoms with Gasteiger partial charge in [-0.2, -0.15) is 0 Å². The molecule has 2 atom stereocenters. The smallest absolute Gasteiger partial charge is 0.264 e. The van der Waals surface area contributed by atoms with Gasteiger partial charge < -0.3 is 24.4 Å². The van der Waals surface area contributed by atoms with E-state index >= 15 is 8.78 Å². The van der Waals surface area contributed by atoms with Crippen molar-refractivity contribution in [1.82, 2.24) is 34.3 Å². The van der Waals surface area contributed by atoms with E-state index in [9.17, 15) is 23.7 Å². The SMILES string of the molecule is CC(C)N1CCOc2c(F)cc(-c3nc(Nc4ccc([S+]([O-])N5CCN(C6CCN(C7CN(c8cccc9c8C(=O)N(C8CCC(=O)NC8=O)C9=O)C7)CC6)CC5)cc4)ncc3F)cc21. The molecule has 340 valence electrons. The van der Waals surface area contributed by atoms with Gasteiger partial charge in [-0.1, -0.05) is 6.07 Å². The second kappa shape index (κ2) is 17.6. The van der Waals surface area contributed by atoms with Crippen LogP contribution in [0.1, 0.15) is 60.2 Å². The summed E-state index contributed by atoms with van der Waals surface area (Å²) < 4.78 is 51.6. The van der Waals surface area contributed by atoms with Crippen molar-refractivity contribution in [1.29, 1.82) is 0 Å². The molecule has 7 heterocycles. The molecule has 65 heavy (non-hydrogen) atoms. The van der Waals surface area contributed by atoms with Crippen LogP contribution < -0.4 is 25.2 Å². The molecule has 3 aromatic carbocycles. The Hall–Kier alpha value is -5.73. The molecule has 0 saturated carbocycles. The highest BCUT2D eigenvalue weighted by atomic mass is 32.2. The first-order valence-electron chi connectivity index (χ1n) is 22.3. The molecule has 0 aliphatic carbocycles. The van der Waals surface area contributed by atoms with Crippen LogP contribution in [0, 0.1) is 11.6 Å². The van der Waals surface area contributed by atoms with Crippen molar-refractivity contribution in [2.75, 3.05) is 80.6 Å². The van der Waals surface area contributed by atoms with E-state index < -0.39 is 52.7 Å². The summed E-state index contributed by atoms with van der Waals surface area (Å²) in [4.78, 5) is 70.6. The number of carbonyl (C=O) groups excluding carboxylic acids is 4. The van der Waals surface area contributed by atoms with Gasteiger partial charge in [-0.3, -0.25) is 39.2 Å². The van der Waals surface area contributed by atoms with E-state index in [0.29, 0.717) is 71.4 Å². The van der Waals surface area contributed by atoms with E-state index in [1.807, 2.05) is 29.1 Å². The number of carbonyl (C=O) groups is 4. The number of piperazine rings is 1. The Labute approximate surface area is 378 Å². The normalized spacial score (nSPS) is 21.9. The molecule has 10 rings (SSSR count). The Balaban J connectivity index is 0.694. The summed E-state index contributed by atoms with van der Waals surface area (Å²) in [5, 5.41) is 5.35. The summed E-state index contributed by atoms with van der Waals surface area (Å²) in [5.74, 6) is -2.99. The van der Waals surface area contributed by atoms with Crippen LogP contribution in [0.15, 0.2) is 65.7 Å². The number of likely N-dealkylation sites (tertiary alicyclic amines) is 1. The molecule has 2 N–H and O–H groups in total. The number of hydrogen-bond donors (Lipinski definition) is 2. The van der Waals surface area contributed by atoms with Crippen molar-refractivity contribution in [3.63, 3.8) is 0 Å². The lowest BCUT2D eigenvalue weighted by molar-refractivity contribution is -0.136. The average Bonchev–Trinajstić information content (AvgIpc) is 3.55. The van der Waals surface area contributed by atoms with Crippen molar-refractivity contribution in [2.45, 2.75) is 68.6 Å². The van der Waals surface area contributed by atoms with Gasteiger partial charge in [0.2, 0.25) is 17.8 Å². The van der Waals surface area contributed by atoms with Gasteiger partial charge in [0.15, 0.2) is 22.3 Å². The third-order valence-corrected chi connectivity index (χ3v) is 15.1. The number of benzene rings is 3. The van der Waals surface area contributed by atoms with Gasteiger partial charge in [0.1, 0.15) is 18.3 Å². The Morgan fingerprint density at radius 2 is 1.58 bits per heavy atom. The largest absolute Gasteiger partial charge is 0.593 e. The number of nitrogens with zero attached hydrogens (tertiary/aromatic N) is 8. The van der Waals surface area contributed by atoms with Gasteiger partial charge in [-0.25, -0.2) is 18.7 Å². The summed E-state index contributed by atoms with van der Waals surface area (Å²) in [5.41, 5.74) is 2.74. The Bertz CT molecular complexity index is 2530. The average molecular weight is 909 g/mol. The first kappa shape index (κ1) is 43.2. The van der Waals surface area contributed by atoms with Gasteiger partial charge in [0.05, 0.1) is 59.7 Å².